The molecule has 2 amide bonds. The van der Waals surface area contributed by atoms with E-state index < -0.39 is 6.10 Å². The Hall–Kier alpha value is -1.14. The Morgan fingerprint density at radius 2 is 1.02 bits per heavy atom. The molecule has 0 spiro atoms. The van der Waals surface area contributed by atoms with E-state index in [0.717, 1.165) is 70.6 Å². The van der Waals surface area contributed by atoms with Gasteiger partial charge in [-0.05, 0) is 64.2 Å². The minimum atomic E-state index is -0.465. The second-order valence-electron chi connectivity index (χ2n) is 14.0. The molecule has 0 heterocycles. The lowest BCUT2D eigenvalue weighted by atomic mass is 9.65. The average molecular weight is 559 g/mol. The van der Waals surface area contributed by atoms with E-state index in [-0.39, 0.29) is 23.8 Å². The fourth-order valence-electron chi connectivity index (χ4n) is 9.08. The van der Waals surface area contributed by atoms with Crippen molar-refractivity contribution in [2.24, 2.45) is 5.41 Å². The Kier molecular flexibility index (Phi) is 11.3. The van der Waals surface area contributed by atoms with Crippen LogP contribution in [0.25, 0.3) is 0 Å². The molecule has 1 atom stereocenters. The molecule has 6 heteroatoms. The predicted octanol–water partition coefficient (Wildman–Crippen LogP) is 7.18. The normalized spacial score (nSPS) is 26.1. The zero-order valence-corrected chi connectivity index (χ0v) is 25.6. The van der Waals surface area contributed by atoms with E-state index >= 15 is 0 Å². The first-order valence-corrected chi connectivity index (χ1v) is 17.4. The van der Waals surface area contributed by atoms with Gasteiger partial charge in [-0.25, -0.2) is 0 Å². The van der Waals surface area contributed by atoms with Gasteiger partial charge in [0.05, 0.1) is 6.61 Å². The Morgan fingerprint density at radius 1 is 0.625 bits per heavy atom. The van der Waals surface area contributed by atoms with Crippen LogP contribution in [0, 0.1) is 5.41 Å². The van der Waals surface area contributed by atoms with Crippen LogP contribution in [0.15, 0.2) is 0 Å². The molecule has 0 aromatic carbocycles. The number of carbonyl (C=O) groups is 2. The van der Waals surface area contributed by atoms with Crippen molar-refractivity contribution < 1.29 is 19.1 Å². The number of carbonyl (C=O) groups excluding carboxylic acids is 2. The SMILES string of the molecule is COC(C(=O)N(C1CCCCC1)C1CCCCC1)C1(COCC(=O)N(C2CCCCC2)C2CCCCC2)CCC1. The molecular weight excluding hydrogens is 500 g/mol. The van der Waals surface area contributed by atoms with Crippen LogP contribution in [0.1, 0.15) is 148 Å². The van der Waals surface area contributed by atoms with E-state index in [1.807, 2.05) is 0 Å². The van der Waals surface area contributed by atoms with E-state index in [1.165, 1.54) is 77.0 Å². The number of nitrogens with zero attached hydrogens (tertiary/aromatic N) is 2. The maximum atomic E-state index is 14.4. The van der Waals surface area contributed by atoms with E-state index in [4.69, 9.17) is 9.47 Å². The molecule has 0 bridgehead atoms. The van der Waals surface area contributed by atoms with Gasteiger partial charge in [0.25, 0.3) is 5.91 Å². The van der Waals surface area contributed by atoms with E-state index in [9.17, 15) is 9.59 Å². The largest absolute Gasteiger partial charge is 0.371 e. The van der Waals surface area contributed by atoms with Crippen molar-refractivity contribution >= 4 is 11.8 Å². The summed E-state index contributed by atoms with van der Waals surface area (Å²) >= 11 is 0. The molecule has 228 valence electrons. The van der Waals surface area contributed by atoms with Gasteiger partial charge in [-0.1, -0.05) is 83.5 Å². The molecule has 5 aliphatic rings. The molecule has 5 rings (SSSR count). The van der Waals surface area contributed by atoms with Gasteiger partial charge in [0.1, 0.15) is 12.7 Å². The van der Waals surface area contributed by atoms with Gasteiger partial charge >= 0.3 is 0 Å². The number of rotatable bonds is 11. The van der Waals surface area contributed by atoms with Crippen LogP contribution >= 0.6 is 0 Å². The van der Waals surface area contributed by atoms with E-state index in [0.29, 0.717) is 30.8 Å². The van der Waals surface area contributed by atoms with Crippen molar-refractivity contribution in [1.82, 2.24) is 9.80 Å². The van der Waals surface area contributed by atoms with Crippen LogP contribution in [0.3, 0.4) is 0 Å². The molecule has 6 nitrogen and oxygen atoms in total. The quantitative estimate of drug-likeness (QED) is 0.270. The first kappa shape index (κ1) is 30.3. The van der Waals surface area contributed by atoms with Crippen molar-refractivity contribution in [3.63, 3.8) is 0 Å². The molecule has 1 unspecified atom stereocenters. The van der Waals surface area contributed by atoms with Gasteiger partial charge in [0.15, 0.2) is 0 Å². The lowest BCUT2D eigenvalue weighted by molar-refractivity contribution is -0.172. The monoisotopic (exact) mass is 558 g/mol. The number of amides is 2. The zero-order chi connectivity index (χ0) is 27.8. The third-order valence-corrected chi connectivity index (χ3v) is 11.4. The molecule has 0 radical (unpaired) electrons. The van der Waals surface area contributed by atoms with Crippen molar-refractivity contribution in [3.8, 4) is 0 Å². The average Bonchev–Trinajstić information content (AvgIpc) is 2.98. The van der Waals surface area contributed by atoms with Crippen LogP contribution in [-0.4, -0.2) is 72.2 Å². The first-order chi connectivity index (χ1) is 19.6. The second kappa shape index (κ2) is 14.8. The lowest BCUT2D eigenvalue weighted by Crippen LogP contribution is -2.59. The second-order valence-corrected chi connectivity index (χ2v) is 14.0. The highest BCUT2D eigenvalue weighted by atomic mass is 16.5. The fourth-order valence-corrected chi connectivity index (χ4v) is 9.08. The molecule has 0 saturated heterocycles. The molecule has 0 aromatic rings. The highest BCUT2D eigenvalue weighted by Gasteiger charge is 2.51. The summed E-state index contributed by atoms with van der Waals surface area (Å²) in [6.07, 6.45) is 26.7. The maximum Gasteiger partial charge on any atom is 0.252 e. The van der Waals surface area contributed by atoms with E-state index in [1.54, 1.807) is 7.11 Å². The van der Waals surface area contributed by atoms with Crippen LogP contribution in [0.2, 0.25) is 0 Å². The Bertz CT molecular complexity index is 754. The van der Waals surface area contributed by atoms with Gasteiger partial charge in [-0.15, -0.1) is 0 Å². The highest BCUT2D eigenvalue weighted by Crippen LogP contribution is 2.47. The zero-order valence-electron chi connectivity index (χ0n) is 25.6. The molecular formula is C34H58N2O4. The van der Waals surface area contributed by atoms with E-state index in [2.05, 4.69) is 9.80 Å². The Morgan fingerprint density at radius 3 is 1.38 bits per heavy atom. The van der Waals surface area contributed by atoms with Crippen LogP contribution in [0.4, 0.5) is 0 Å². The minimum Gasteiger partial charge on any atom is -0.371 e. The van der Waals surface area contributed by atoms with Gasteiger partial charge in [-0.3, -0.25) is 9.59 Å². The number of ether oxygens (including phenoxy) is 2. The number of hydrogen-bond acceptors (Lipinski definition) is 4. The third kappa shape index (κ3) is 7.07. The Labute approximate surface area is 244 Å². The molecule has 40 heavy (non-hydrogen) atoms. The summed E-state index contributed by atoms with van der Waals surface area (Å²) in [5.74, 6) is 0.390. The number of hydrogen-bond donors (Lipinski definition) is 0. The topological polar surface area (TPSA) is 59.1 Å². The van der Waals surface area contributed by atoms with Gasteiger partial charge < -0.3 is 19.3 Å². The molecule has 5 aliphatic carbocycles. The highest BCUT2D eigenvalue weighted by molar-refractivity contribution is 5.83. The summed E-state index contributed by atoms with van der Waals surface area (Å²) in [5, 5.41) is 0. The van der Waals surface area contributed by atoms with Crippen LogP contribution < -0.4 is 0 Å². The standard InChI is InChI=1S/C34H58N2O4/c1-39-32(33(38)36(29-19-10-4-11-20-29)30-21-12-5-13-22-30)34(23-14-24-34)26-40-25-31(37)35(27-15-6-2-7-16-27)28-17-8-3-9-18-28/h27-30,32H,2-26H2,1H3. The summed E-state index contributed by atoms with van der Waals surface area (Å²) in [7, 11) is 1.72. The summed E-state index contributed by atoms with van der Waals surface area (Å²) in [6.45, 7) is 0.601. The van der Waals surface area contributed by atoms with Crippen LogP contribution in [-0.2, 0) is 19.1 Å². The summed E-state index contributed by atoms with van der Waals surface area (Å²) in [6, 6.07) is 1.50. The maximum absolute atomic E-state index is 14.4. The molecule has 0 aromatic heterocycles. The van der Waals surface area contributed by atoms with Gasteiger partial charge in [0.2, 0.25) is 5.91 Å². The summed E-state index contributed by atoms with van der Waals surface area (Å²) in [5.41, 5.74) is -0.297. The summed E-state index contributed by atoms with van der Waals surface area (Å²) in [4.78, 5) is 32.7. The first-order valence-electron chi connectivity index (χ1n) is 17.4. The molecule has 5 saturated carbocycles. The fraction of sp³-hybridized carbons (Fsp3) is 0.941. The third-order valence-electron chi connectivity index (χ3n) is 11.4. The smallest absolute Gasteiger partial charge is 0.252 e. The summed E-state index contributed by atoms with van der Waals surface area (Å²) < 4.78 is 12.4. The minimum absolute atomic E-state index is 0.147. The Balaban J connectivity index is 1.24. The van der Waals surface area contributed by atoms with Gasteiger partial charge in [0, 0.05) is 36.7 Å². The van der Waals surface area contributed by atoms with Crippen molar-refractivity contribution in [1.29, 1.82) is 0 Å². The molecule has 5 fully saturated rings. The molecule has 0 aliphatic heterocycles. The lowest BCUT2D eigenvalue weighted by Gasteiger charge is -2.50. The van der Waals surface area contributed by atoms with Crippen LogP contribution in [0.5, 0.6) is 0 Å². The predicted molar refractivity (Wildman–Crippen MR) is 159 cm³/mol. The number of methoxy groups -OCH3 is 1. The van der Waals surface area contributed by atoms with Crippen molar-refractivity contribution in [2.75, 3.05) is 20.3 Å². The van der Waals surface area contributed by atoms with Crippen molar-refractivity contribution in [2.45, 2.75) is 178 Å². The van der Waals surface area contributed by atoms with Crippen molar-refractivity contribution in [3.05, 3.63) is 0 Å². The van der Waals surface area contributed by atoms with Gasteiger partial charge in [-0.2, -0.15) is 0 Å². The molecule has 0 N–H and O–H groups in total.